The van der Waals surface area contributed by atoms with Gasteiger partial charge >= 0.3 is 0 Å². The van der Waals surface area contributed by atoms with Crippen molar-refractivity contribution in [2.24, 2.45) is 0 Å². The molecule has 0 radical (unpaired) electrons. The summed E-state index contributed by atoms with van der Waals surface area (Å²) in [4.78, 5) is 14.8. The Kier molecular flexibility index (Phi) is 4.84. The topological polar surface area (TPSA) is 99.3 Å². The van der Waals surface area contributed by atoms with E-state index in [1.165, 1.54) is 6.33 Å². The summed E-state index contributed by atoms with van der Waals surface area (Å²) < 4.78 is 5.67. The van der Waals surface area contributed by atoms with Crippen molar-refractivity contribution in [1.29, 1.82) is 0 Å². The number of β-amino-alcohol motifs (C(OH)–C–C–N with tert-alkyl or cyclic N) is 1. The minimum atomic E-state index is -0.374. The molecule has 0 bridgehead atoms. The Balaban J connectivity index is 1.68. The van der Waals surface area contributed by atoms with E-state index in [4.69, 9.17) is 4.42 Å². The molecule has 3 N–H and O–H groups in total. The van der Waals surface area contributed by atoms with E-state index < -0.39 is 0 Å². The van der Waals surface area contributed by atoms with Crippen LogP contribution in [0.25, 0.3) is 0 Å². The third-order valence-electron chi connectivity index (χ3n) is 4.18. The molecule has 1 fully saturated rings. The van der Waals surface area contributed by atoms with Crippen molar-refractivity contribution < 1.29 is 9.52 Å². The van der Waals surface area contributed by atoms with Gasteiger partial charge in [0.05, 0.1) is 18.3 Å². The number of rotatable bonds is 6. The Hall–Kier alpha value is -2.35. The molecule has 8 nitrogen and oxygen atoms in total. The van der Waals surface area contributed by atoms with E-state index in [1.54, 1.807) is 6.20 Å². The monoisotopic (exact) mass is 332 g/mol. The second-order valence-corrected chi connectivity index (χ2v) is 6.31. The summed E-state index contributed by atoms with van der Waals surface area (Å²) in [5.74, 6) is 2.71. The van der Waals surface area contributed by atoms with E-state index in [0.29, 0.717) is 31.4 Å². The predicted molar refractivity (Wildman–Crippen MR) is 92.4 cm³/mol. The van der Waals surface area contributed by atoms with E-state index in [2.05, 4.69) is 44.3 Å². The zero-order valence-corrected chi connectivity index (χ0v) is 14.2. The van der Waals surface area contributed by atoms with Gasteiger partial charge in [-0.05, 0) is 6.42 Å². The first-order valence-electron chi connectivity index (χ1n) is 8.21. The van der Waals surface area contributed by atoms with Gasteiger partial charge in [-0.25, -0.2) is 15.0 Å². The summed E-state index contributed by atoms with van der Waals surface area (Å²) in [5, 5.41) is 16.3. The Morgan fingerprint density at radius 3 is 2.92 bits per heavy atom. The number of nitrogens with zero attached hydrogens (tertiary/aromatic N) is 4. The number of aromatic nitrogens is 3. The molecule has 0 saturated carbocycles. The average Bonchev–Trinajstić information content (AvgIpc) is 3.19. The van der Waals surface area contributed by atoms with Gasteiger partial charge in [0.15, 0.2) is 0 Å². The molecule has 0 aromatic carbocycles. The lowest BCUT2D eigenvalue weighted by Gasteiger charge is -2.25. The molecule has 1 saturated heterocycles. The van der Waals surface area contributed by atoms with E-state index in [9.17, 15) is 5.11 Å². The summed E-state index contributed by atoms with van der Waals surface area (Å²) >= 11 is 0. The van der Waals surface area contributed by atoms with Crippen LogP contribution in [-0.2, 0) is 0 Å². The molecular formula is C16H24N6O2. The number of hydrogen-bond acceptors (Lipinski definition) is 8. The molecule has 1 aliphatic rings. The number of aliphatic hydroxyl groups excluding tert-OH is 1. The first-order valence-corrected chi connectivity index (χ1v) is 8.21. The zero-order chi connectivity index (χ0) is 17.1. The van der Waals surface area contributed by atoms with Crippen molar-refractivity contribution in [2.75, 3.05) is 35.7 Å². The van der Waals surface area contributed by atoms with Crippen LogP contribution in [0.15, 0.2) is 23.0 Å². The predicted octanol–water partition coefficient (Wildman–Crippen LogP) is 1.68. The van der Waals surface area contributed by atoms with E-state index in [1.807, 2.05) is 13.1 Å². The largest absolute Gasteiger partial charge is 0.429 e. The minimum Gasteiger partial charge on any atom is -0.429 e. The van der Waals surface area contributed by atoms with Crippen LogP contribution in [0.1, 0.15) is 31.9 Å². The van der Waals surface area contributed by atoms with Crippen LogP contribution in [0.4, 0.5) is 17.7 Å². The number of nitrogens with one attached hydrogen (secondary N) is 2. The van der Waals surface area contributed by atoms with Crippen molar-refractivity contribution in [3.05, 3.63) is 24.4 Å². The lowest BCUT2D eigenvalue weighted by molar-refractivity contribution is 0.194. The third kappa shape index (κ3) is 3.59. The van der Waals surface area contributed by atoms with Gasteiger partial charge in [-0.15, -0.1) is 0 Å². The van der Waals surface area contributed by atoms with Crippen LogP contribution in [0.3, 0.4) is 0 Å². The molecule has 0 unspecified atom stereocenters. The second kappa shape index (κ2) is 7.04. The molecule has 24 heavy (non-hydrogen) atoms. The maximum absolute atomic E-state index is 10.1. The Morgan fingerprint density at radius 1 is 1.38 bits per heavy atom. The van der Waals surface area contributed by atoms with Crippen LogP contribution < -0.4 is 15.5 Å². The quantitative estimate of drug-likeness (QED) is 0.735. The molecule has 0 amide bonds. The van der Waals surface area contributed by atoms with Crippen molar-refractivity contribution in [2.45, 2.75) is 38.3 Å². The van der Waals surface area contributed by atoms with E-state index in [0.717, 1.165) is 17.4 Å². The summed E-state index contributed by atoms with van der Waals surface area (Å²) in [6.45, 7) is 5.30. The highest BCUT2D eigenvalue weighted by Gasteiger charge is 2.32. The fraction of sp³-hybridized carbons (Fsp3) is 0.562. The first kappa shape index (κ1) is 16.5. The number of aliphatic hydroxyl groups is 1. The van der Waals surface area contributed by atoms with Crippen LogP contribution in [-0.4, -0.2) is 52.3 Å². The van der Waals surface area contributed by atoms with Crippen molar-refractivity contribution in [3.63, 3.8) is 0 Å². The van der Waals surface area contributed by atoms with Crippen LogP contribution in [0.2, 0.25) is 0 Å². The van der Waals surface area contributed by atoms with Gasteiger partial charge in [-0.2, -0.15) is 0 Å². The molecule has 2 aromatic rings. The SMILES string of the molecule is CNc1cc(N2C[C@H](O)C[C@@H]2CNc2ncc(C(C)C)o2)ncn1. The molecule has 130 valence electrons. The molecule has 1 aliphatic heterocycles. The zero-order valence-electron chi connectivity index (χ0n) is 14.2. The van der Waals surface area contributed by atoms with Gasteiger partial charge in [0.25, 0.3) is 6.01 Å². The van der Waals surface area contributed by atoms with Gasteiger partial charge in [0.2, 0.25) is 0 Å². The fourth-order valence-corrected chi connectivity index (χ4v) is 2.85. The fourth-order valence-electron chi connectivity index (χ4n) is 2.85. The van der Waals surface area contributed by atoms with Crippen LogP contribution >= 0.6 is 0 Å². The molecular weight excluding hydrogens is 308 g/mol. The molecule has 0 spiro atoms. The maximum Gasteiger partial charge on any atom is 0.294 e. The normalized spacial score (nSPS) is 20.6. The maximum atomic E-state index is 10.1. The lowest BCUT2D eigenvalue weighted by Crippen LogP contribution is -2.35. The summed E-state index contributed by atoms with van der Waals surface area (Å²) in [7, 11) is 1.82. The molecule has 3 heterocycles. The smallest absolute Gasteiger partial charge is 0.294 e. The Bertz CT molecular complexity index is 674. The molecule has 8 heteroatoms. The third-order valence-corrected chi connectivity index (χ3v) is 4.18. The minimum absolute atomic E-state index is 0.106. The molecule has 2 aromatic heterocycles. The van der Waals surface area contributed by atoms with Gasteiger partial charge in [-0.3, -0.25) is 0 Å². The second-order valence-electron chi connectivity index (χ2n) is 6.31. The Morgan fingerprint density at radius 2 is 2.21 bits per heavy atom. The number of anilines is 3. The Labute approximate surface area is 141 Å². The summed E-state index contributed by atoms with van der Waals surface area (Å²) in [6, 6.07) is 2.50. The van der Waals surface area contributed by atoms with Gasteiger partial charge in [0.1, 0.15) is 23.7 Å². The van der Waals surface area contributed by atoms with Crippen LogP contribution in [0.5, 0.6) is 0 Å². The highest BCUT2D eigenvalue weighted by atomic mass is 16.4. The summed E-state index contributed by atoms with van der Waals surface area (Å²) in [5.41, 5.74) is 0. The van der Waals surface area contributed by atoms with Crippen molar-refractivity contribution in [3.8, 4) is 0 Å². The molecule has 3 rings (SSSR count). The van der Waals surface area contributed by atoms with Gasteiger partial charge < -0.3 is 25.1 Å². The van der Waals surface area contributed by atoms with Crippen LogP contribution in [0, 0.1) is 0 Å². The van der Waals surface area contributed by atoms with E-state index in [-0.39, 0.29) is 12.1 Å². The van der Waals surface area contributed by atoms with E-state index >= 15 is 0 Å². The van der Waals surface area contributed by atoms with Crippen molar-refractivity contribution >= 4 is 17.7 Å². The number of hydrogen-bond donors (Lipinski definition) is 3. The standard InChI is InChI=1S/C16H24N6O2/c1-10(2)13-7-19-16(24-13)18-6-11-4-12(23)8-22(11)15-5-14(17-3)20-9-21-15/h5,7,9-12,23H,4,6,8H2,1-3H3,(H,18,19)(H,17,20,21)/t11-,12-/m1/s1. The van der Waals surface area contributed by atoms with Gasteiger partial charge in [0, 0.05) is 32.1 Å². The average molecular weight is 332 g/mol. The highest BCUT2D eigenvalue weighted by Crippen LogP contribution is 2.26. The molecule has 2 atom stereocenters. The first-order chi connectivity index (χ1) is 11.6. The number of oxazole rings is 1. The summed E-state index contributed by atoms with van der Waals surface area (Å²) in [6.07, 6.45) is 3.57. The highest BCUT2D eigenvalue weighted by molar-refractivity contribution is 5.50. The lowest BCUT2D eigenvalue weighted by atomic mass is 10.2. The molecule has 0 aliphatic carbocycles. The van der Waals surface area contributed by atoms with Crippen molar-refractivity contribution in [1.82, 2.24) is 15.0 Å². The van der Waals surface area contributed by atoms with Gasteiger partial charge in [-0.1, -0.05) is 13.8 Å².